The van der Waals surface area contributed by atoms with E-state index < -0.39 is 23.6 Å². The Balaban J connectivity index is 1.32. The molecule has 4 aromatic rings. The van der Waals surface area contributed by atoms with Crippen molar-refractivity contribution in [1.29, 1.82) is 0 Å². The van der Waals surface area contributed by atoms with Gasteiger partial charge < -0.3 is 9.47 Å². The first kappa shape index (κ1) is 23.2. The summed E-state index contributed by atoms with van der Waals surface area (Å²) >= 11 is 0. The highest BCUT2D eigenvalue weighted by Crippen LogP contribution is 2.35. The summed E-state index contributed by atoms with van der Waals surface area (Å²) in [5.41, 5.74) is 3.31. The number of fused-ring (bicyclic) bond motifs is 2. The molecule has 0 N–H and O–H groups in total. The van der Waals surface area contributed by atoms with Crippen LogP contribution in [-0.2, 0) is 0 Å². The van der Waals surface area contributed by atoms with E-state index >= 15 is 0 Å². The molecule has 2 aliphatic heterocycles. The van der Waals surface area contributed by atoms with E-state index in [4.69, 9.17) is 9.47 Å². The van der Waals surface area contributed by atoms with Crippen molar-refractivity contribution < 1.29 is 28.7 Å². The highest BCUT2D eigenvalue weighted by atomic mass is 16.5. The number of imide groups is 2. The molecule has 38 heavy (non-hydrogen) atoms. The van der Waals surface area contributed by atoms with Gasteiger partial charge in [-0.15, -0.1) is 0 Å². The second kappa shape index (κ2) is 8.70. The molecule has 2 aliphatic rings. The van der Waals surface area contributed by atoms with Crippen LogP contribution >= 0.6 is 0 Å². The predicted molar refractivity (Wildman–Crippen MR) is 140 cm³/mol. The lowest BCUT2D eigenvalue weighted by molar-refractivity contribution is 0.0910. The number of amides is 4. The van der Waals surface area contributed by atoms with Crippen molar-refractivity contribution in [3.63, 3.8) is 0 Å². The third-order valence-electron chi connectivity index (χ3n) is 6.77. The zero-order valence-electron chi connectivity index (χ0n) is 20.4. The average molecular weight is 504 g/mol. The molecule has 8 heteroatoms. The van der Waals surface area contributed by atoms with E-state index in [-0.39, 0.29) is 11.1 Å². The fourth-order valence-electron chi connectivity index (χ4n) is 4.77. The first-order valence-corrected chi connectivity index (χ1v) is 11.8. The maximum absolute atomic E-state index is 13.2. The molecule has 186 valence electrons. The van der Waals surface area contributed by atoms with Crippen LogP contribution in [0.1, 0.15) is 41.4 Å². The van der Waals surface area contributed by atoms with Crippen LogP contribution in [0.4, 0.5) is 11.4 Å². The van der Waals surface area contributed by atoms with Gasteiger partial charge in [-0.3, -0.25) is 19.2 Å². The molecule has 2 heterocycles. The van der Waals surface area contributed by atoms with Crippen LogP contribution in [-0.4, -0.2) is 37.8 Å². The van der Waals surface area contributed by atoms with Gasteiger partial charge in [0.25, 0.3) is 23.6 Å². The SMILES string of the molecule is COc1ccc(N2C(=O)c3ccc(-c4ccc5c(c4)C(=O)N(c4ccc(OC)cc4)C5=O)cc3C2=O)cc1. The Bertz CT molecular complexity index is 1530. The third-order valence-corrected chi connectivity index (χ3v) is 6.77. The van der Waals surface area contributed by atoms with Crippen molar-refractivity contribution in [3.05, 3.63) is 107 Å². The number of anilines is 2. The van der Waals surface area contributed by atoms with Gasteiger partial charge in [0, 0.05) is 0 Å². The van der Waals surface area contributed by atoms with Crippen LogP contribution in [0.3, 0.4) is 0 Å². The molecular formula is C30H20N2O6. The number of carbonyl (C=O) groups is 4. The monoisotopic (exact) mass is 504 g/mol. The van der Waals surface area contributed by atoms with Crippen LogP contribution in [0.25, 0.3) is 11.1 Å². The first-order valence-electron chi connectivity index (χ1n) is 11.8. The minimum absolute atomic E-state index is 0.270. The van der Waals surface area contributed by atoms with E-state index in [0.717, 1.165) is 9.80 Å². The van der Waals surface area contributed by atoms with Crippen LogP contribution in [0.2, 0.25) is 0 Å². The van der Waals surface area contributed by atoms with Gasteiger partial charge in [0.05, 0.1) is 47.8 Å². The summed E-state index contributed by atoms with van der Waals surface area (Å²) in [4.78, 5) is 54.8. The van der Waals surface area contributed by atoms with Crippen LogP contribution in [0.15, 0.2) is 84.9 Å². The summed E-state index contributed by atoms with van der Waals surface area (Å²) in [6.07, 6.45) is 0. The molecule has 0 aliphatic carbocycles. The van der Waals surface area contributed by atoms with Crippen molar-refractivity contribution in [2.75, 3.05) is 24.0 Å². The van der Waals surface area contributed by atoms with Gasteiger partial charge in [-0.1, -0.05) is 12.1 Å². The summed E-state index contributed by atoms with van der Waals surface area (Å²) in [6.45, 7) is 0. The molecule has 6 rings (SSSR count). The van der Waals surface area contributed by atoms with Gasteiger partial charge in [-0.05, 0) is 83.9 Å². The van der Waals surface area contributed by atoms with Crippen molar-refractivity contribution in [2.45, 2.75) is 0 Å². The molecular weight excluding hydrogens is 484 g/mol. The molecule has 0 unspecified atom stereocenters. The topological polar surface area (TPSA) is 93.2 Å². The standard InChI is InChI=1S/C30H20N2O6/c1-37-21-9-5-19(6-10-21)31-27(33)23-13-3-17(15-25(23)29(31)35)18-4-14-24-26(16-18)30(36)32(28(24)34)20-7-11-22(38-2)12-8-20/h3-16H,1-2H3. The summed E-state index contributed by atoms with van der Waals surface area (Å²) in [5.74, 6) is -0.464. The van der Waals surface area contributed by atoms with Crippen LogP contribution in [0.5, 0.6) is 11.5 Å². The number of carbonyl (C=O) groups excluding carboxylic acids is 4. The molecule has 4 aromatic carbocycles. The second-order valence-corrected chi connectivity index (χ2v) is 8.81. The number of methoxy groups -OCH3 is 2. The zero-order valence-corrected chi connectivity index (χ0v) is 20.4. The maximum atomic E-state index is 13.2. The second-order valence-electron chi connectivity index (χ2n) is 8.81. The van der Waals surface area contributed by atoms with Gasteiger partial charge in [-0.2, -0.15) is 0 Å². The largest absolute Gasteiger partial charge is 0.497 e. The number of ether oxygens (including phenoxy) is 2. The van der Waals surface area contributed by atoms with Gasteiger partial charge >= 0.3 is 0 Å². The van der Waals surface area contributed by atoms with Crippen LogP contribution < -0.4 is 19.3 Å². The lowest BCUT2D eigenvalue weighted by Crippen LogP contribution is -2.29. The van der Waals surface area contributed by atoms with Crippen molar-refractivity contribution in [1.82, 2.24) is 0 Å². The van der Waals surface area contributed by atoms with E-state index in [9.17, 15) is 19.2 Å². The maximum Gasteiger partial charge on any atom is 0.266 e. The Morgan fingerprint density at radius 3 is 1.13 bits per heavy atom. The lowest BCUT2D eigenvalue weighted by atomic mass is 9.97. The Morgan fingerprint density at radius 2 is 0.789 bits per heavy atom. The van der Waals surface area contributed by atoms with Gasteiger partial charge in [0.1, 0.15) is 11.5 Å². The van der Waals surface area contributed by atoms with Gasteiger partial charge in [-0.25, -0.2) is 9.80 Å². The minimum atomic E-state index is -0.435. The molecule has 4 amide bonds. The molecule has 0 fully saturated rings. The van der Waals surface area contributed by atoms with Crippen molar-refractivity contribution in [3.8, 4) is 22.6 Å². The average Bonchev–Trinajstić information content (AvgIpc) is 3.36. The number of nitrogens with zero attached hydrogens (tertiary/aromatic N) is 2. The zero-order chi connectivity index (χ0) is 26.6. The van der Waals surface area contributed by atoms with E-state index in [1.54, 1.807) is 84.9 Å². The Labute approximate surface area is 217 Å². The summed E-state index contributed by atoms with van der Waals surface area (Å²) in [5, 5.41) is 0. The molecule has 0 aromatic heterocycles. The number of hydrogen-bond acceptors (Lipinski definition) is 6. The molecule has 0 saturated carbocycles. The van der Waals surface area contributed by atoms with Crippen LogP contribution in [0, 0.1) is 0 Å². The molecule has 0 spiro atoms. The third kappa shape index (κ3) is 3.46. The Hall–Kier alpha value is -5.24. The number of hydrogen-bond donors (Lipinski definition) is 0. The normalized spacial score (nSPS) is 14.2. The van der Waals surface area contributed by atoms with Crippen molar-refractivity contribution in [2.24, 2.45) is 0 Å². The summed E-state index contributed by atoms with van der Waals surface area (Å²) < 4.78 is 10.3. The molecule has 0 saturated heterocycles. The van der Waals surface area contributed by atoms with Gasteiger partial charge in [0.2, 0.25) is 0 Å². The lowest BCUT2D eigenvalue weighted by Gasteiger charge is -2.14. The Morgan fingerprint density at radius 1 is 0.447 bits per heavy atom. The highest BCUT2D eigenvalue weighted by Gasteiger charge is 2.38. The van der Waals surface area contributed by atoms with Gasteiger partial charge in [0.15, 0.2) is 0 Å². The molecule has 0 bridgehead atoms. The predicted octanol–water partition coefficient (Wildman–Crippen LogP) is 4.97. The quantitative estimate of drug-likeness (QED) is 0.356. The summed E-state index contributed by atoms with van der Waals surface area (Å²) in [7, 11) is 3.08. The first-order chi connectivity index (χ1) is 18.4. The van der Waals surface area contributed by atoms with E-state index in [0.29, 0.717) is 45.1 Å². The number of rotatable bonds is 5. The minimum Gasteiger partial charge on any atom is -0.497 e. The van der Waals surface area contributed by atoms with E-state index in [1.165, 1.54) is 14.2 Å². The number of benzene rings is 4. The smallest absolute Gasteiger partial charge is 0.266 e. The van der Waals surface area contributed by atoms with E-state index in [1.807, 2.05) is 0 Å². The molecule has 0 radical (unpaired) electrons. The van der Waals surface area contributed by atoms with Crippen molar-refractivity contribution >= 4 is 35.0 Å². The molecule has 8 nitrogen and oxygen atoms in total. The van der Waals surface area contributed by atoms with E-state index in [2.05, 4.69) is 0 Å². The Kier molecular flexibility index (Phi) is 5.31. The fraction of sp³-hybridized carbons (Fsp3) is 0.0667. The fourth-order valence-corrected chi connectivity index (χ4v) is 4.77. The highest BCUT2D eigenvalue weighted by molar-refractivity contribution is 6.35. The molecule has 0 atom stereocenters. The summed E-state index contributed by atoms with van der Waals surface area (Å²) in [6, 6.07) is 23.3.